The molecule has 7 heteroatoms. The van der Waals surface area contributed by atoms with E-state index in [1.807, 2.05) is 17.5 Å². The summed E-state index contributed by atoms with van der Waals surface area (Å²) in [6, 6.07) is 9.83. The molecule has 0 fully saturated rings. The second-order valence-electron chi connectivity index (χ2n) is 4.77. The van der Waals surface area contributed by atoms with E-state index in [9.17, 15) is 9.59 Å². The van der Waals surface area contributed by atoms with Gasteiger partial charge in [-0.3, -0.25) is 0 Å². The number of methoxy groups -OCH3 is 1. The van der Waals surface area contributed by atoms with Crippen molar-refractivity contribution in [3.63, 3.8) is 0 Å². The number of thiophene rings is 1. The van der Waals surface area contributed by atoms with Gasteiger partial charge < -0.3 is 13.9 Å². The van der Waals surface area contributed by atoms with Crippen molar-refractivity contribution in [2.24, 2.45) is 0 Å². The van der Waals surface area contributed by atoms with Gasteiger partial charge in [0.2, 0.25) is 5.89 Å². The topological polar surface area (TPSA) is 78.6 Å². The van der Waals surface area contributed by atoms with Crippen LogP contribution < -0.4 is 0 Å². The molecule has 0 atom stereocenters. The SMILES string of the molecule is COC(=O)c1ccc(C(=O)OCc2coc(-c3cccs3)n2)cc1. The fraction of sp³-hybridized carbons (Fsp3) is 0.118. The van der Waals surface area contributed by atoms with E-state index in [-0.39, 0.29) is 6.61 Å². The molecule has 0 spiro atoms. The molecule has 3 aromatic rings. The van der Waals surface area contributed by atoms with Crippen LogP contribution in [0.25, 0.3) is 10.8 Å². The molecule has 2 heterocycles. The first-order valence-corrected chi connectivity index (χ1v) is 7.89. The highest BCUT2D eigenvalue weighted by molar-refractivity contribution is 7.13. The van der Waals surface area contributed by atoms with Crippen molar-refractivity contribution in [3.05, 3.63) is 64.9 Å². The van der Waals surface area contributed by atoms with E-state index in [4.69, 9.17) is 9.15 Å². The molecule has 0 aliphatic heterocycles. The Morgan fingerprint density at radius 3 is 2.46 bits per heavy atom. The zero-order chi connectivity index (χ0) is 16.9. The van der Waals surface area contributed by atoms with E-state index in [0.717, 1.165) is 4.88 Å². The third kappa shape index (κ3) is 3.52. The third-order valence-electron chi connectivity index (χ3n) is 3.18. The zero-order valence-corrected chi connectivity index (χ0v) is 13.5. The maximum Gasteiger partial charge on any atom is 0.338 e. The third-order valence-corrected chi connectivity index (χ3v) is 4.03. The smallest absolute Gasteiger partial charge is 0.338 e. The van der Waals surface area contributed by atoms with Crippen molar-refractivity contribution in [3.8, 4) is 10.8 Å². The quantitative estimate of drug-likeness (QED) is 0.659. The summed E-state index contributed by atoms with van der Waals surface area (Å²) in [5.41, 5.74) is 1.23. The second kappa shape index (κ2) is 7.10. The van der Waals surface area contributed by atoms with Crippen LogP contribution in [0.15, 0.2) is 52.5 Å². The first-order valence-electron chi connectivity index (χ1n) is 7.01. The lowest BCUT2D eigenvalue weighted by molar-refractivity contribution is 0.0466. The predicted octanol–water partition coefficient (Wildman–Crippen LogP) is 3.55. The summed E-state index contributed by atoms with van der Waals surface area (Å²) in [7, 11) is 1.30. The van der Waals surface area contributed by atoms with Crippen molar-refractivity contribution in [2.75, 3.05) is 7.11 Å². The van der Waals surface area contributed by atoms with Gasteiger partial charge in [0, 0.05) is 0 Å². The standard InChI is InChI=1S/C17H13NO5S/c1-21-16(19)11-4-6-12(7-5-11)17(20)23-10-13-9-22-15(18-13)14-3-2-8-24-14/h2-9H,10H2,1H3. The van der Waals surface area contributed by atoms with Crippen molar-refractivity contribution in [1.82, 2.24) is 4.98 Å². The number of carbonyl (C=O) groups excluding carboxylic acids is 2. The normalized spacial score (nSPS) is 10.4. The van der Waals surface area contributed by atoms with Crippen molar-refractivity contribution in [2.45, 2.75) is 6.61 Å². The van der Waals surface area contributed by atoms with Crippen molar-refractivity contribution in [1.29, 1.82) is 0 Å². The molecule has 0 saturated carbocycles. The number of oxazole rings is 1. The number of rotatable bonds is 5. The van der Waals surface area contributed by atoms with Crippen LogP contribution in [0.3, 0.4) is 0 Å². The number of hydrogen-bond acceptors (Lipinski definition) is 7. The molecule has 0 aliphatic rings. The monoisotopic (exact) mass is 343 g/mol. The maximum absolute atomic E-state index is 12.0. The molecular weight excluding hydrogens is 330 g/mol. The van der Waals surface area contributed by atoms with Crippen LogP contribution in [-0.2, 0) is 16.1 Å². The Bertz CT molecular complexity index is 836. The predicted molar refractivity (Wildman–Crippen MR) is 86.7 cm³/mol. The average molecular weight is 343 g/mol. The highest BCUT2D eigenvalue weighted by atomic mass is 32.1. The van der Waals surface area contributed by atoms with E-state index >= 15 is 0 Å². The van der Waals surface area contributed by atoms with Crippen molar-refractivity contribution >= 4 is 23.3 Å². The molecule has 0 radical (unpaired) electrons. The van der Waals surface area contributed by atoms with Gasteiger partial charge in [0.25, 0.3) is 0 Å². The van der Waals surface area contributed by atoms with Gasteiger partial charge in [-0.1, -0.05) is 6.07 Å². The molecule has 24 heavy (non-hydrogen) atoms. The Morgan fingerprint density at radius 2 is 1.83 bits per heavy atom. The van der Waals surface area contributed by atoms with Gasteiger partial charge in [0.1, 0.15) is 18.6 Å². The summed E-state index contributed by atoms with van der Waals surface area (Å²) in [6.45, 7) is 0.00641. The van der Waals surface area contributed by atoms with Gasteiger partial charge in [-0.25, -0.2) is 14.6 Å². The van der Waals surface area contributed by atoms with Gasteiger partial charge in [0.15, 0.2) is 0 Å². The number of ether oxygens (including phenoxy) is 2. The Balaban J connectivity index is 1.60. The lowest BCUT2D eigenvalue weighted by atomic mass is 10.1. The van der Waals surface area contributed by atoms with E-state index < -0.39 is 11.9 Å². The minimum Gasteiger partial charge on any atom is -0.465 e. The number of benzene rings is 1. The van der Waals surface area contributed by atoms with E-state index in [1.54, 1.807) is 0 Å². The van der Waals surface area contributed by atoms with E-state index in [0.29, 0.717) is 22.7 Å². The van der Waals surface area contributed by atoms with Crippen LogP contribution in [0, 0.1) is 0 Å². The molecule has 0 saturated heterocycles. The lowest BCUT2D eigenvalue weighted by Gasteiger charge is -2.03. The molecule has 1 aromatic carbocycles. The van der Waals surface area contributed by atoms with Crippen LogP contribution in [-0.4, -0.2) is 24.0 Å². The molecule has 6 nitrogen and oxygen atoms in total. The highest BCUT2D eigenvalue weighted by Crippen LogP contribution is 2.23. The summed E-state index contributed by atoms with van der Waals surface area (Å²) in [5, 5.41) is 1.93. The lowest BCUT2D eigenvalue weighted by Crippen LogP contribution is -2.07. The van der Waals surface area contributed by atoms with Crippen LogP contribution in [0.4, 0.5) is 0 Å². The first-order chi connectivity index (χ1) is 11.7. The Kier molecular flexibility index (Phi) is 4.72. The minimum absolute atomic E-state index is 0.00641. The highest BCUT2D eigenvalue weighted by Gasteiger charge is 2.12. The fourth-order valence-electron chi connectivity index (χ4n) is 1.97. The fourth-order valence-corrected chi connectivity index (χ4v) is 2.63. The Morgan fingerprint density at radius 1 is 1.12 bits per heavy atom. The molecule has 122 valence electrons. The zero-order valence-electron chi connectivity index (χ0n) is 12.7. The van der Waals surface area contributed by atoms with Crippen LogP contribution >= 0.6 is 11.3 Å². The molecule has 0 amide bonds. The molecule has 0 N–H and O–H groups in total. The maximum atomic E-state index is 12.0. The van der Waals surface area contributed by atoms with Crippen molar-refractivity contribution < 1.29 is 23.5 Å². The van der Waals surface area contributed by atoms with Gasteiger partial charge in [-0.15, -0.1) is 11.3 Å². The number of carbonyl (C=O) groups is 2. The van der Waals surface area contributed by atoms with Crippen LogP contribution in [0.2, 0.25) is 0 Å². The Labute approximate surface area is 141 Å². The summed E-state index contributed by atoms with van der Waals surface area (Å²) >= 11 is 1.51. The number of hydrogen-bond donors (Lipinski definition) is 0. The molecule has 0 bridgehead atoms. The van der Waals surface area contributed by atoms with Gasteiger partial charge in [-0.05, 0) is 35.7 Å². The summed E-state index contributed by atoms with van der Waals surface area (Å²) in [4.78, 5) is 28.5. The Hall–Kier alpha value is -2.93. The first kappa shape index (κ1) is 15.9. The van der Waals surface area contributed by atoms with Gasteiger partial charge in [-0.2, -0.15) is 0 Å². The number of nitrogens with zero attached hydrogens (tertiary/aromatic N) is 1. The number of esters is 2. The summed E-state index contributed by atoms with van der Waals surface area (Å²) < 4.78 is 15.2. The minimum atomic E-state index is -0.507. The van der Waals surface area contributed by atoms with Gasteiger partial charge >= 0.3 is 11.9 Å². The average Bonchev–Trinajstić information content (AvgIpc) is 3.30. The second-order valence-corrected chi connectivity index (χ2v) is 5.71. The number of aromatic nitrogens is 1. The molecule has 0 unspecified atom stereocenters. The van der Waals surface area contributed by atoms with E-state index in [2.05, 4.69) is 9.72 Å². The van der Waals surface area contributed by atoms with Gasteiger partial charge in [0.05, 0.1) is 23.1 Å². The molecule has 3 rings (SSSR count). The summed E-state index contributed by atoms with van der Waals surface area (Å²) in [5.74, 6) is -0.468. The van der Waals surface area contributed by atoms with Crippen LogP contribution in [0.5, 0.6) is 0 Å². The molecule has 0 aliphatic carbocycles. The molecular formula is C17H13NO5S. The summed E-state index contributed by atoms with van der Waals surface area (Å²) in [6.07, 6.45) is 1.46. The van der Waals surface area contributed by atoms with E-state index in [1.165, 1.54) is 49.0 Å². The van der Waals surface area contributed by atoms with Crippen LogP contribution in [0.1, 0.15) is 26.4 Å². The molecule has 2 aromatic heterocycles. The largest absolute Gasteiger partial charge is 0.465 e.